The molecule has 22 heavy (non-hydrogen) atoms. The number of rotatable bonds is 1. The van der Waals surface area contributed by atoms with Crippen LogP contribution in [-0.2, 0) is 10.2 Å². The number of hydrogen-bond acceptors (Lipinski definition) is 3. The first-order valence-corrected chi connectivity index (χ1v) is 8.25. The molecule has 1 aromatic rings. The maximum Gasteiger partial charge on any atom is 0.148 e. The number of fused-ring (bicyclic) bond motifs is 2. The second kappa shape index (κ2) is 4.11. The first kappa shape index (κ1) is 12.7. The van der Waals surface area contributed by atoms with Crippen molar-refractivity contribution in [2.24, 2.45) is 5.92 Å². The fraction of sp³-hybridized carbons (Fsp3) is 0.421. The average Bonchev–Trinajstić information content (AvgIpc) is 3.11. The van der Waals surface area contributed by atoms with Crippen molar-refractivity contribution < 1.29 is 4.79 Å². The number of carbonyl (C=O) groups excluding carboxylic acids is 1. The van der Waals surface area contributed by atoms with Crippen LogP contribution < -0.4 is 5.32 Å². The standard InChI is InChI=1S/C19H20N2O/c1-2-12-10-21-8-7-19-15-5-3-4-6-16(15)20-18(19)14(11-22)13(12)9-17(19)21/h2-6,11,13,17,20H,7-10H2,1H3/b12-2-/t13-,17+,19-/m1/s1. The van der Waals surface area contributed by atoms with E-state index in [0.717, 1.165) is 37.8 Å². The van der Waals surface area contributed by atoms with E-state index in [0.29, 0.717) is 12.0 Å². The number of benzene rings is 1. The number of anilines is 1. The molecular formula is C19H20N2O. The summed E-state index contributed by atoms with van der Waals surface area (Å²) < 4.78 is 0. The van der Waals surface area contributed by atoms with E-state index in [9.17, 15) is 4.79 Å². The van der Waals surface area contributed by atoms with E-state index in [1.165, 1.54) is 22.5 Å². The summed E-state index contributed by atoms with van der Waals surface area (Å²) in [5, 5.41) is 3.62. The van der Waals surface area contributed by atoms with Crippen molar-refractivity contribution in [2.75, 3.05) is 18.4 Å². The van der Waals surface area contributed by atoms with Gasteiger partial charge in [-0.2, -0.15) is 0 Å². The molecule has 0 saturated carbocycles. The van der Waals surface area contributed by atoms with Gasteiger partial charge in [0.05, 0.1) is 5.41 Å². The SMILES string of the molecule is C/C=C1/CN2CC[C@]34C(=C(C=O)[C@@H]1C[C@H]23)Nc1ccccc14. The van der Waals surface area contributed by atoms with Crippen molar-refractivity contribution >= 4 is 12.0 Å². The zero-order valence-corrected chi connectivity index (χ0v) is 12.8. The molecule has 2 bridgehead atoms. The quantitative estimate of drug-likeness (QED) is 0.638. The molecule has 112 valence electrons. The molecule has 0 unspecified atom stereocenters. The molecule has 4 aliphatic rings. The molecule has 0 aromatic heterocycles. The number of piperidine rings is 1. The zero-order chi connectivity index (χ0) is 14.9. The number of allylic oxidation sites excluding steroid dienone is 2. The monoisotopic (exact) mass is 292 g/mol. The lowest BCUT2D eigenvalue weighted by Gasteiger charge is -2.48. The molecule has 2 saturated heterocycles. The van der Waals surface area contributed by atoms with Crippen molar-refractivity contribution in [3.63, 3.8) is 0 Å². The molecular weight excluding hydrogens is 272 g/mol. The maximum atomic E-state index is 11.9. The lowest BCUT2D eigenvalue weighted by Crippen LogP contribution is -2.52. The Labute approximate surface area is 130 Å². The predicted octanol–water partition coefficient (Wildman–Crippen LogP) is 2.86. The number of nitrogens with one attached hydrogen (secondary N) is 1. The Morgan fingerprint density at radius 3 is 3.05 bits per heavy atom. The second-order valence-electron chi connectivity index (χ2n) is 6.98. The molecule has 0 amide bonds. The van der Waals surface area contributed by atoms with Gasteiger partial charge in [0.15, 0.2) is 0 Å². The number of para-hydroxylation sites is 1. The smallest absolute Gasteiger partial charge is 0.148 e. The molecule has 3 aliphatic heterocycles. The van der Waals surface area contributed by atoms with Gasteiger partial charge in [-0.15, -0.1) is 0 Å². The van der Waals surface area contributed by atoms with Gasteiger partial charge in [-0.3, -0.25) is 9.69 Å². The van der Waals surface area contributed by atoms with Gasteiger partial charge in [-0.05, 0) is 31.4 Å². The highest BCUT2D eigenvalue weighted by Gasteiger charge is 2.60. The second-order valence-corrected chi connectivity index (χ2v) is 6.98. The van der Waals surface area contributed by atoms with Gasteiger partial charge in [0.1, 0.15) is 6.29 Å². The van der Waals surface area contributed by atoms with Crippen LogP contribution >= 0.6 is 0 Å². The van der Waals surface area contributed by atoms with Gasteiger partial charge in [0.2, 0.25) is 0 Å². The van der Waals surface area contributed by atoms with Crippen LogP contribution in [0, 0.1) is 5.92 Å². The summed E-state index contributed by atoms with van der Waals surface area (Å²) >= 11 is 0. The number of aldehydes is 1. The van der Waals surface area contributed by atoms with Gasteiger partial charge >= 0.3 is 0 Å². The van der Waals surface area contributed by atoms with E-state index >= 15 is 0 Å². The van der Waals surface area contributed by atoms with Gasteiger partial charge < -0.3 is 5.32 Å². The summed E-state index contributed by atoms with van der Waals surface area (Å²) in [6.07, 6.45) is 5.55. The summed E-state index contributed by atoms with van der Waals surface area (Å²) in [7, 11) is 0. The van der Waals surface area contributed by atoms with Gasteiger partial charge in [-0.25, -0.2) is 0 Å². The minimum atomic E-state index is 0.0304. The van der Waals surface area contributed by atoms with E-state index in [2.05, 4.69) is 47.5 Å². The zero-order valence-electron chi connectivity index (χ0n) is 12.8. The van der Waals surface area contributed by atoms with E-state index in [4.69, 9.17) is 0 Å². The number of nitrogens with zero attached hydrogens (tertiary/aromatic N) is 1. The maximum absolute atomic E-state index is 11.9. The first-order chi connectivity index (χ1) is 10.8. The molecule has 1 N–H and O–H groups in total. The number of carbonyl (C=O) groups is 1. The molecule has 2 fully saturated rings. The third-order valence-electron chi connectivity index (χ3n) is 6.37. The van der Waals surface area contributed by atoms with Crippen molar-refractivity contribution in [2.45, 2.75) is 31.2 Å². The van der Waals surface area contributed by atoms with Gasteiger partial charge in [0.25, 0.3) is 0 Å². The molecule has 3 atom stereocenters. The van der Waals surface area contributed by atoms with E-state index in [1.807, 2.05) is 0 Å². The topological polar surface area (TPSA) is 32.3 Å². The highest BCUT2D eigenvalue weighted by atomic mass is 16.1. The average molecular weight is 292 g/mol. The van der Waals surface area contributed by atoms with Crippen LogP contribution in [-0.4, -0.2) is 30.3 Å². The lowest BCUT2D eigenvalue weighted by atomic mass is 9.62. The van der Waals surface area contributed by atoms with Crippen molar-refractivity contribution in [3.8, 4) is 0 Å². The Balaban J connectivity index is 1.83. The molecule has 1 aromatic carbocycles. The Morgan fingerprint density at radius 2 is 2.23 bits per heavy atom. The molecule has 1 aliphatic carbocycles. The molecule has 3 heteroatoms. The molecule has 1 spiro atoms. The van der Waals surface area contributed by atoms with Crippen molar-refractivity contribution in [1.82, 2.24) is 4.90 Å². The van der Waals surface area contributed by atoms with E-state index < -0.39 is 0 Å². The predicted molar refractivity (Wildman–Crippen MR) is 86.7 cm³/mol. The molecule has 3 heterocycles. The largest absolute Gasteiger partial charge is 0.358 e. The van der Waals surface area contributed by atoms with Gasteiger partial charge in [0, 0.05) is 42.0 Å². The van der Waals surface area contributed by atoms with Crippen LogP contribution in [0.3, 0.4) is 0 Å². The fourth-order valence-corrected chi connectivity index (χ4v) is 5.44. The minimum absolute atomic E-state index is 0.0304. The Hall–Kier alpha value is -1.87. The summed E-state index contributed by atoms with van der Waals surface area (Å²) in [5.41, 5.74) is 6.25. The van der Waals surface area contributed by atoms with Crippen LogP contribution in [0.1, 0.15) is 25.3 Å². The number of hydrogen-bond donors (Lipinski definition) is 1. The highest BCUT2D eigenvalue weighted by Crippen LogP contribution is 2.60. The Bertz CT molecular complexity index is 748. The van der Waals surface area contributed by atoms with Gasteiger partial charge in [-0.1, -0.05) is 29.8 Å². The van der Waals surface area contributed by atoms with Crippen molar-refractivity contribution in [1.29, 1.82) is 0 Å². The summed E-state index contributed by atoms with van der Waals surface area (Å²) in [4.78, 5) is 14.6. The third-order valence-corrected chi connectivity index (χ3v) is 6.37. The van der Waals surface area contributed by atoms with Crippen LogP contribution in [0.25, 0.3) is 0 Å². The van der Waals surface area contributed by atoms with Crippen LogP contribution in [0.4, 0.5) is 5.69 Å². The highest BCUT2D eigenvalue weighted by molar-refractivity contribution is 5.84. The molecule has 0 radical (unpaired) electrons. The fourth-order valence-electron chi connectivity index (χ4n) is 5.44. The Morgan fingerprint density at radius 1 is 1.36 bits per heavy atom. The normalized spacial score (nSPS) is 37.0. The Kier molecular flexibility index (Phi) is 2.36. The van der Waals surface area contributed by atoms with Crippen molar-refractivity contribution in [3.05, 3.63) is 52.7 Å². The first-order valence-electron chi connectivity index (χ1n) is 8.25. The van der Waals surface area contributed by atoms with E-state index in [-0.39, 0.29) is 5.41 Å². The van der Waals surface area contributed by atoms with Crippen LogP contribution in [0.15, 0.2) is 47.2 Å². The minimum Gasteiger partial charge on any atom is -0.358 e. The summed E-state index contributed by atoms with van der Waals surface area (Å²) in [6.45, 7) is 4.26. The summed E-state index contributed by atoms with van der Waals surface area (Å²) in [6, 6.07) is 9.16. The summed E-state index contributed by atoms with van der Waals surface area (Å²) in [5.74, 6) is 0.312. The third kappa shape index (κ3) is 1.25. The van der Waals surface area contributed by atoms with E-state index in [1.54, 1.807) is 0 Å². The molecule has 3 nitrogen and oxygen atoms in total. The van der Waals surface area contributed by atoms with Crippen LogP contribution in [0.2, 0.25) is 0 Å². The van der Waals surface area contributed by atoms with Crippen LogP contribution in [0.5, 0.6) is 0 Å². The molecule has 5 rings (SSSR count). The lowest BCUT2D eigenvalue weighted by molar-refractivity contribution is -0.105.